The van der Waals surface area contributed by atoms with E-state index in [9.17, 15) is 19.2 Å². The normalized spacial score (nSPS) is 21.4. The minimum atomic E-state index is -1.61. The van der Waals surface area contributed by atoms with Crippen LogP contribution in [0.2, 0.25) is 0 Å². The van der Waals surface area contributed by atoms with E-state index in [4.69, 9.17) is 14.2 Å². The molecule has 1 unspecified atom stereocenters. The fourth-order valence-corrected chi connectivity index (χ4v) is 2.89. The largest absolute Gasteiger partial charge is 0.469 e. The number of Topliss-reactive ketones (excluding diaryl/α,β-unsaturated/α-hetero) is 1. The van der Waals surface area contributed by atoms with Crippen molar-refractivity contribution in [2.45, 2.75) is 32.1 Å². The smallest absolute Gasteiger partial charge is 0.323 e. The van der Waals surface area contributed by atoms with Crippen molar-refractivity contribution in [3.8, 4) is 0 Å². The molecule has 0 saturated heterocycles. The molecule has 0 aromatic carbocycles. The second kappa shape index (κ2) is 7.89. The molecule has 1 aliphatic rings. The maximum atomic E-state index is 12.2. The molecule has 1 rings (SSSR count). The van der Waals surface area contributed by atoms with Gasteiger partial charge in [-0.3, -0.25) is 19.2 Å². The predicted octanol–water partition coefficient (Wildman–Crippen LogP) is 1.20. The zero-order valence-electron chi connectivity index (χ0n) is 13.7. The van der Waals surface area contributed by atoms with Crippen molar-refractivity contribution >= 4 is 23.7 Å². The van der Waals surface area contributed by atoms with Crippen LogP contribution in [0.1, 0.15) is 32.1 Å². The molecule has 0 aromatic heterocycles. The molecule has 1 aliphatic carbocycles. The summed E-state index contributed by atoms with van der Waals surface area (Å²) in [6.45, 7) is 3.84. The molecule has 23 heavy (non-hydrogen) atoms. The summed E-state index contributed by atoms with van der Waals surface area (Å²) in [5, 5.41) is 0. The molecule has 0 aromatic rings. The lowest BCUT2D eigenvalue weighted by molar-refractivity contribution is -0.169. The molecule has 128 valence electrons. The molecule has 0 bridgehead atoms. The van der Waals surface area contributed by atoms with Crippen molar-refractivity contribution < 1.29 is 33.4 Å². The predicted molar refractivity (Wildman–Crippen MR) is 79.2 cm³/mol. The van der Waals surface area contributed by atoms with Crippen molar-refractivity contribution in [2.75, 3.05) is 21.3 Å². The van der Waals surface area contributed by atoms with Gasteiger partial charge in [0.2, 0.25) is 0 Å². The number of methoxy groups -OCH3 is 3. The lowest BCUT2D eigenvalue weighted by atomic mass is 9.77. The number of hydrogen-bond acceptors (Lipinski definition) is 7. The van der Waals surface area contributed by atoms with Crippen LogP contribution in [0.15, 0.2) is 12.2 Å². The molecule has 0 heterocycles. The van der Waals surface area contributed by atoms with Gasteiger partial charge in [0.1, 0.15) is 5.78 Å². The van der Waals surface area contributed by atoms with Gasteiger partial charge in [-0.2, -0.15) is 0 Å². The fraction of sp³-hybridized carbons (Fsp3) is 0.625. The first-order valence-corrected chi connectivity index (χ1v) is 7.23. The van der Waals surface area contributed by atoms with E-state index in [0.29, 0.717) is 5.57 Å². The summed E-state index contributed by atoms with van der Waals surface area (Å²) >= 11 is 0. The van der Waals surface area contributed by atoms with Crippen LogP contribution in [-0.2, 0) is 33.4 Å². The van der Waals surface area contributed by atoms with Crippen molar-refractivity contribution in [3.63, 3.8) is 0 Å². The van der Waals surface area contributed by atoms with E-state index in [0.717, 1.165) is 0 Å². The molecule has 1 atom stereocenters. The average molecular weight is 326 g/mol. The summed E-state index contributed by atoms with van der Waals surface area (Å²) in [5.41, 5.74) is -1.12. The summed E-state index contributed by atoms with van der Waals surface area (Å²) in [6.07, 6.45) is 0.0362. The Morgan fingerprint density at radius 3 is 2.09 bits per heavy atom. The third-order valence-electron chi connectivity index (χ3n) is 4.08. The van der Waals surface area contributed by atoms with Crippen molar-refractivity contribution in [2.24, 2.45) is 11.3 Å². The number of rotatable bonds is 3. The van der Waals surface area contributed by atoms with Crippen LogP contribution in [0, 0.1) is 11.3 Å². The number of ketones is 1. The summed E-state index contributed by atoms with van der Waals surface area (Å²) in [5.74, 6) is -2.94. The summed E-state index contributed by atoms with van der Waals surface area (Å²) in [6, 6.07) is 0. The number of hydrogen-bond donors (Lipinski definition) is 0. The highest BCUT2D eigenvalue weighted by Gasteiger charge is 2.49. The molecule has 0 amide bonds. The maximum Gasteiger partial charge on any atom is 0.323 e. The summed E-state index contributed by atoms with van der Waals surface area (Å²) in [4.78, 5) is 48.3. The molecule has 1 saturated carbocycles. The van der Waals surface area contributed by atoms with Gasteiger partial charge in [0, 0.05) is 12.8 Å². The molecule has 0 N–H and O–H groups in total. The monoisotopic (exact) mass is 326 g/mol. The lowest BCUT2D eigenvalue weighted by Crippen LogP contribution is -2.42. The van der Waals surface area contributed by atoms with E-state index >= 15 is 0 Å². The third kappa shape index (κ3) is 4.18. The Kier molecular flexibility index (Phi) is 6.48. The Labute approximate surface area is 135 Å². The van der Waals surface area contributed by atoms with E-state index in [1.807, 2.05) is 0 Å². The quantitative estimate of drug-likeness (QED) is 0.333. The number of esters is 3. The van der Waals surface area contributed by atoms with Crippen LogP contribution in [0.4, 0.5) is 0 Å². The molecular weight excluding hydrogens is 304 g/mol. The second-order valence-electron chi connectivity index (χ2n) is 5.66. The maximum absolute atomic E-state index is 12.2. The van der Waals surface area contributed by atoms with Gasteiger partial charge in [0.05, 0.1) is 27.2 Å². The van der Waals surface area contributed by atoms with Gasteiger partial charge in [-0.25, -0.2) is 0 Å². The summed E-state index contributed by atoms with van der Waals surface area (Å²) < 4.78 is 14.2. The highest BCUT2D eigenvalue weighted by atomic mass is 16.5. The SMILES string of the molecule is C=C1CC(C(=O)OC)CC(=O)CCC(C(=O)OC)(C(=O)OC)C1. The Morgan fingerprint density at radius 1 is 1.04 bits per heavy atom. The molecule has 7 heteroatoms. The van der Waals surface area contributed by atoms with E-state index < -0.39 is 29.2 Å². The van der Waals surface area contributed by atoms with Gasteiger partial charge in [0.25, 0.3) is 0 Å². The van der Waals surface area contributed by atoms with Gasteiger partial charge in [0.15, 0.2) is 5.41 Å². The second-order valence-corrected chi connectivity index (χ2v) is 5.66. The molecule has 0 radical (unpaired) electrons. The van der Waals surface area contributed by atoms with Crippen LogP contribution < -0.4 is 0 Å². The fourth-order valence-electron chi connectivity index (χ4n) is 2.89. The molecule has 1 fully saturated rings. The number of carbonyl (C=O) groups excluding carboxylic acids is 4. The zero-order chi connectivity index (χ0) is 17.6. The van der Waals surface area contributed by atoms with Gasteiger partial charge < -0.3 is 14.2 Å². The van der Waals surface area contributed by atoms with Crippen LogP contribution in [0.5, 0.6) is 0 Å². The Bertz CT molecular complexity index is 505. The Morgan fingerprint density at radius 2 is 1.61 bits per heavy atom. The van der Waals surface area contributed by atoms with Crippen molar-refractivity contribution in [3.05, 3.63) is 12.2 Å². The number of allylic oxidation sites excluding steroid dienone is 1. The highest BCUT2D eigenvalue weighted by Crippen LogP contribution is 2.38. The minimum absolute atomic E-state index is 0.00980. The molecule has 0 aliphatic heterocycles. The lowest BCUT2D eigenvalue weighted by Gasteiger charge is -2.28. The van der Waals surface area contributed by atoms with Crippen LogP contribution in [0.3, 0.4) is 0 Å². The third-order valence-corrected chi connectivity index (χ3v) is 4.08. The Balaban J connectivity index is 3.20. The van der Waals surface area contributed by atoms with Gasteiger partial charge in [-0.1, -0.05) is 12.2 Å². The Hall–Kier alpha value is -2.18. The van der Waals surface area contributed by atoms with Crippen LogP contribution >= 0.6 is 0 Å². The summed E-state index contributed by atoms with van der Waals surface area (Å²) in [7, 11) is 3.58. The molecule has 0 spiro atoms. The minimum Gasteiger partial charge on any atom is -0.469 e. The zero-order valence-corrected chi connectivity index (χ0v) is 13.7. The molecular formula is C16H22O7. The van der Waals surface area contributed by atoms with Crippen LogP contribution in [0.25, 0.3) is 0 Å². The first kappa shape index (κ1) is 18.9. The van der Waals surface area contributed by atoms with Crippen molar-refractivity contribution in [1.29, 1.82) is 0 Å². The average Bonchev–Trinajstić information content (AvgIpc) is 2.61. The molecule has 7 nitrogen and oxygen atoms in total. The van der Waals surface area contributed by atoms with Crippen molar-refractivity contribution in [1.82, 2.24) is 0 Å². The van der Waals surface area contributed by atoms with E-state index in [1.165, 1.54) is 21.3 Å². The van der Waals surface area contributed by atoms with Gasteiger partial charge in [-0.05, 0) is 19.3 Å². The number of carbonyl (C=O) groups is 4. The van der Waals surface area contributed by atoms with E-state index in [1.54, 1.807) is 0 Å². The van der Waals surface area contributed by atoms with Gasteiger partial charge >= 0.3 is 17.9 Å². The topological polar surface area (TPSA) is 96.0 Å². The van der Waals surface area contributed by atoms with E-state index in [-0.39, 0.29) is 37.9 Å². The van der Waals surface area contributed by atoms with Gasteiger partial charge in [-0.15, -0.1) is 0 Å². The first-order chi connectivity index (χ1) is 10.8. The standard InChI is InChI=1S/C16H22O7/c1-10-7-11(13(18)21-2)8-12(17)5-6-16(9-10,14(19)22-3)15(20)23-4/h11H,1,5-9H2,2-4H3. The first-order valence-electron chi connectivity index (χ1n) is 7.23. The number of ether oxygens (including phenoxy) is 3. The van der Waals surface area contributed by atoms with E-state index in [2.05, 4.69) is 6.58 Å². The highest BCUT2D eigenvalue weighted by molar-refractivity contribution is 6.01. The van der Waals surface area contributed by atoms with Crippen LogP contribution in [-0.4, -0.2) is 45.0 Å².